The summed E-state index contributed by atoms with van der Waals surface area (Å²) >= 11 is 0. The fourth-order valence-corrected chi connectivity index (χ4v) is 0.864. The molecule has 58 valence electrons. The van der Waals surface area contributed by atoms with Crippen molar-refractivity contribution in [3.63, 3.8) is 0 Å². The highest BCUT2D eigenvalue weighted by atomic mass is 16.5. The van der Waals surface area contributed by atoms with Gasteiger partial charge in [-0.25, -0.2) is 0 Å². The van der Waals surface area contributed by atoms with Crippen LogP contribution in [-0.2, 0) is 9.53 Å². The van der Waals surface area contributed by atoms with E-state index < -0.39 is 5.97 Å². The third kappa shape index (κ3) is 1.97. The molecule has 1 fully saturated rings. The van der Waals surface area contributed by atoms with Crippen molar-refractivity contribution < 1.29 is 14.6 Å². The van der Waals surface area contributed by atoms with Crippen LogP contribution in [0.4, 0.5) is 0 Å². The minimum Gasteiger partial charge on any atom is -0.481 e. The molecule has 0 saturated carbocycles. The van der Waals surface area contributed by atoms with Gasteiger partial charge in [0.25, 0.3) is 0 Å². The Labute approximate surface area is 59.2 Å². The van der Waals surface area contributed by atoms with Crippen LogP contribution < -0.4 is 5.32 Å². The number of hydrogen-bond donors (Lipinski definition) is 2. The molecule has 0 aromatic rings. The average molecular weight is 145 g/mol. The van der Waals surface area contributed by atoms with Crippen LogP contribution in [0.3, 0.4) is 0 Å². The number of hydrogen-bond acceptors (Lipinski definition) is 3. The number of aliphatic carboxylic acids is 1. The molecular formula is C6H11NO3. The molecule has 4 nitrogen and oxygen atoms in total. The van der Waals surface area contributed by atoms with E-state index in [0.29, 0.717) is 19.8 Å². The second-order valence-electron chi connectivity index (χ2n) is 2.31. The Hall–Kier alpha value is -0.610. The lowest BCUT2D eigenvalue weighted by molar-refractivity contribution is -0.143. The summed E-state index contributed by atoms with van der Waals surface area (Å²) in [5, 5.41) is 11.5. The third-order valence-corrected chi connectivity index (χ3v) is 1.48. The third-order valence-electron chi connectivity index (χ3n) is 1.48. The first-order chi connectivity index (χ1) is 4.80. The number of carboxylic acid groups (broad SMARTS) is 1. The van der Waals surface area contributed by atoms with Gasteiger partial charge in [-0.2, -0.15) is 0 Å². The molecule has 1 saturated heterocycles. The summed E-state index contributed by atoms with van der Waals surface area (Å²) in [6.07, 6.45) is 0. The van der Waals surface area contributed by atoms with E-state index in [2.05, 4.69) is 5.32 Å². The largest absolute Gasteiger partial charge is 0.481 e. The maximum absolute atomic E-state index is 10.4. The lowest BCUT2D eigenvalue weighted by atomic mass is 10.2. The SMILES string of the molecule is O=C(O)[C@@H]1CNCCOC1. The summed E-state index contributed by atoms with van der Waals surface area (Å²) in [6.45, 7) is 2.23. The van der Waals surface area contributed by atoms with Crippen LogP contribution in [0.15, 0.2) is 0 Å². The van der Waals surface area contributed by atoms with Gasteiger partial charge in [0.2, 0.25) is 0 Å². The Kier molecular flexibility index (Phi) is 2.65. The number of ether oxygens (including phenoxy) is 1. The van der Waals surface area contributed by atoms with Crippen molar-refractivity contribution in [1.29, 1.82) is 0 Å². The average Bonchev–Trinajstić information content (AvgIpc) is 2.12. The van der Waals surface area contributed by atoms with E-state index in [0.717, 1.165) is 6.54 Å². The van der Waals surface area contributed by atoms with Crippen molar-refractivity contribution in [1.82, 2.24) is 5.32 Å². The van der Waals surface area contributed by atoms with Crippen LogP contribution in [0.1, 0.15) is 0 Å². The predicted molar refractivity (Wildman–Crippen MR) is 34.8 cm³/mol. The van der Waals surface area contributed by atoms with Gasteiger partial charge in [-0.3, -0.25) is 4.79 Å². The molecule has 0 aromatic carbocycles. The molecule has 0 aliphatic carbocycles. The summed E-state index contributed by atoms with van der Waals surface area (Å²) in [5.41, 5.74) is 0. The molecule has 0 spiro atoms. The molecular weight excluding hydrogens is 134 g/mol. The van der Waals surface area contributed by atoms with Gasteiger partial charge in [0.15, 0.2) is 0 Å². The van der Waals surface area contributed by atoms with Crippen LogP contribution in [0, 0.1) is 5.92 Å². The van der Waals surface area contributed by atoms with E-state index in [1.807, 2.05) is 0 Å². The number of carboxylic acids is 1. The fourth-order valence-electron chi connectivity index (χ4n) is 0.864. The highest BCUT2D eigenvalue weighted by Crippen LogP contribution is 1.98. The van der Waals surface area contributed by atoms with Crippen LogP contribution in [0.5, 0.6) is 0 Å². The van der Waals surface area contributed by atoms with E-state index in [1.54, 1.807) is 0 Å². The first-order valence-corrected chi connectivity index (χ1v) is 3.32. The Bertz CT molecular complexity index is 118. The van der Waals surface area contributed by atoms with Gasteiger partial charge >= 0.3 is 5.97 Å². The van der Waals surface area contributed by atoms with Gasteiger partial charge in [0, 0.05) is 13.1 Å². The number of carbonyl (C=O) groups is 1. The Morgan fingerprint density at radius 3 is 3.20 bits per heavy atom. The van der Waals surface area contributed by atoms with E-state index in [-0.39, 0.29) is 5.92 Å². The Morgan fingerprint density at radius 2 is 2.50 bits per heavy atom. The highest BCUT2D eigenvalue weighted by molar-refractivity contribution is 5.70. The minimum atomic E-state index is -0.783. The molecule has 0 radical (unpaired) electrons. The maximum atomic E-state index is 10.4. The van der Waals surface area contributed by atoms with E-state index in [1.165, 1.54) is 0 Å². The molecule has 0 amide bonds. The van der Waals surface area contributed by atoms with Crippen molar-refractivity contribution in [3.05, 3.63) is 0 Å². The zero-order valence-corrected chi connectivity index (χ0v) is 5.67. The highest BCUT2D eigenvalue weighted by Gasteiger charge is 2.18. The van der Waals surface area contributed by atoms with Gasteiger partial charge in [-0.15, -0.1) is 0 Å². The first-order valence-electron chi connectivity index (χ1n) is 3.32. The fraction of sp³-hybridized carbons (Fsp3) is 0.833. The van der Waals surface area contributed by atoms with Crippen molar-refractivity contribution in [2.75, 3.05) is 26.3 Å². The van der Waals surface area contributed by atoms with Crippen LogP contribution in [0.2, 0.25) is 0 Å². The second-order valence-corrected chi connectivity index (χ2v) is 2.31. The van der Waals surface area contributed by atoms with Crippen molar-refractivity contribution >= 4 is 5.97 Å². The van der Waals surface area contributed by atoms with Crippen molar-refractivity contribution in [2.45, 2.75) is 0 Å². The Balaban J connectivity index is 2.35. The second kappa shape index (κ2) is 3.53. The summed E-state index contributed by atoms with van der Waals surface area (Å²) in [7, 11) is 0. The van der Waals surface area contributed by atoms with Crippen molar-refractivity contribution in [3.8, 4) is 0 Å². The van der Waals surface area contributed by atoms with Gasteiger partial charge in [-0.1, -0.05) is 0 Å². The topological polar surface area (TPSA) is 58.6 Å². The van der Waals surface area contributed by atoms with E-state index in [4.69, 9.17) is 9.84 Å². The van der Waals surface area contributed by atoms with E-state index >= 15 is 0 Å². The van der Waals surface area contributed by atoms with Crippen LogP contribution in [-0.4, -0.2) is 37.4 Å². The molecule has 1 aliphatic heterocycles. The maximum Gasteiger partial charge on any atom is 0.310 e. The predicted octanol–water partition coefficient (Wildman–Crippen LogP) is -0.693. The lowest BCUT2D eigenvalue weighted by Crippen LogP contribution is -2.28. The number of rotatable bonds is 1. The zero-order chi connectivity index (χ0) is 7.40. The molecule has 1 rings (SSSR count). The van der Waals surface area contributed by atoms with Gasteiger partial charge in [-0.05, 0) is 0 Å². The minimum absolute atomic E-state index is 0.336. The van der Waals surface area contributed by atoms with Gasteiger partial charge in [0.05, 0.1) is 19.1 Å². The monoisotopic (exact) mass is 145 g/mol. The smallest absolute Gasteiger partial charge is 0.310 e. The zero-order valence-electron chi connectivity index (χ0n) is 5.67. The molecule has 0 bridgehead atoms. The van der Waals surface area contributed by atoms with E-state index in [9.17, 15) is 4.79 Å². The first kappa shape index (κ1) is 7.50. The summed E-state index contributed by atoms with van der Waals surface area (Å²) in [5.74, 6) is -1.16. The van der Waals surface area contributed by atoms with Crippen molar-refractivity contribution in [2.24, 2.45) is 5.92 Å². The van der Waals surface area contributed by atoms with Crippen LogP contribution in [0.25, 0.3) is 0 Å². The summed E-state index contributed by atoms with van der Waals surface area (Å²) in [4.78, 5) is 10.4. The molecule has 1 heterocycles. The molecule has 1 atom stereocenters. The quantitative estimate of drug-likeness (QED) is 0.512. The molecule has 10 heavy (non-hydrogen) atoms. The Morgan fingerprint density at radius 1 is 1.70 bits per heavy atom. The number of nitrogens with one attached hydrogen (secondary N) is 1. The lowest BCUT2D eigenvalue weighted by Gasteiger charge is -2.05. The normalized spacial score (nSPS) is 27.4. The molecule has 0 aromatic heterocycles. The summed E-state index contributed by atoms with van der Waals surface area (Å²) in [6, 6.07) is 0. The van der Waals surface area contributed by atoms with Gasteiger partial charge < -0.3 is 15.2 Å². The summed E-state index contributed by atoms with van der Waals surface area (Å²) < 4.78 is 5.03. The molecule has 2 N–H and O–H groups in total. The van der Waals surface area contributed by atoms with Crippen LogP contribution >= 0.6 is 0 Å². The standard InChI is InChI=1S/C6H11NO3/c8-6(9)5-3-7-1-2-10-4-5/h5,7H,1-4H2,(H,8,9)/t5-/m1/s1. The van der Waals surface area contributed by atoms with Gasteiger partial charge in [0.1, 0.15) is 0 Å². The molecule has 4 heteroatoms. The molecule has 1 aliphatic rings. The molecule has 0 unspecified atom stereocenters.